The number of ether oxygens (including phenoxy) is 2. The Morgan fingerprint density at radius 2 is 1.61 bits per heavy atom. The highest BCUT2D eigenvalue weighted by Gasteiger charge is 2.21. The smallest absolute Gasteiger partial charge is 0.342 e. The number of phenols is 1. The molecule has 5 N–H and O–H groups in total. The fourth-order valence-electron chi connectivity index (χ4n) is 5.56. The van der Waals surface area contributed by atoms with Crippen LogP contribution < -0.4 is 15.8 Å². The maximum absolute atomic E-state index is 13.4. The Bertz CT molecular complexity index is 2410. The van der Waals surface area contributed by atoms with Gasteiger partial charge in [-0.25, -0.2) is 19.6 Å². The van der Waals surface area contributed by atoms with Crippen LogP contribution in [0.5, 0.6) is 11.6 Å². The largest absolute Gasteiger partial charge is 0.507 e. The van der Waals surface area contributed by atoms with Gasteiger partial charge in [-0.05, 0) is 89.0 Å². The van der Waals surface area contributed by atoms with Gasteiger partial charge in [0.15, 0.2) is 0 Å². The Hall–Kier alpha value is -7.34. The van der Waals surface area contributed by atoms with Crippen molar-refractivity contribution in [2.45, 2.75) is 26.9 Å². The molecule has 0 unspecified atom stereocenters. The summed E-state index contributed by atoms with van der Waals surface area (Å²) in [5.74, 6) is -1.34. The lowest BCUT2D eigenvalue weighted by molar-refractivity contribution is 0.0469. The average molecular weight is 753 g/mol. The molecule has 0 radical (unpaired) electrons. The molecule has 0 atom stereocenters. The molecule has 6 aromatic rings. The molecule has 56 heavy (non-hydrogen) atoms. The molecule has 284 valence electrons. The number of allylic oxidation sites excluding steroid dienone is 1. The second kappa shape index (κ2) is 18.6. The molecule has 0 saturated heterocycles. The topological polar surface area (TPSA) is 191 Å². The molecule has 0 aliphatic rings. The molecule has 0 aliphatic carbocycles. The fraction of sp³-hybridized carbons (Fsp3) is 0.136. The summed E-state index contributed by atoms with van der Waals surface area (Å²) in [6.07, 6.45) is 7.01. The molecule has 12 heteroatoms. The third-order valence-electron chi connectivity index (χ3n) is 8.42. The zero-order chi connectivity index (χ0) is 40.2. The van der Waals surface area contributed by atoms with Crippen molar-refractivity contribution in [3.8, 4) is 22.8 Å². The number of aromatic hydroxyl groups is 1. The van der Waals surface area contributed by atoms with Crippen LogP contribution in [0.2, 0.25) is 0 Å². The van der Waals surface area contributed by atoms with Crippen LogP contribution in [-0.2, 0) is 11.3 Å². The van der Waals surface area contributed by atoms with Crippen LogP contribution in [0.15, 0.2) is 115 Å². The summed E-state index contributed by atoms with van der Waals surface area (Å²) in [6, 6.07) is 28.7. The van der Waals surface area contributed by atoms with Gasteiger partial charge in [-0.3, -0.25) is 9.59 Å². The fourth-order valence-corrected chi connectivity index (χ4v) is 5.56. The Balaban J connectivity index is 0.000000265. The first-order chi connectivity index (χ1) is 27.0. The minimum Gasteiger partial charge on any atom is -0.507 e. The van der Waals surface area contributed by atoms with Gasteiger partial charge in [-0.1, -0.05) is 68.5 Å². The summed E-state index contributed by atoms with van der Waals surface area (Å²) < 4.78 is 10.3. The summed E-state index contributed by atoms with van der Waals surface area (Å²) in [7, 11) is 1.45. The Morgan fingerprint density at radius 3 is 2.32 bits per heavy atom. The van der Waals surface area contributed by atoms with Crippen molar-refractivity contribution in [1.29, 1.82) is 0 Å². The Labute approximate surface area is 323 Å². The number of aldehydes is 1. The average Bonchev–Trinajstić information content (AvgIpc) is 3.20. The van der Waals surface area contributed by atoms with E-state index in [2.05, 4.69) is 29.1 Å². The summed E-state index contributed by atoms with van der Waals surface area (Å²) in [6.45, 7) is 4.35. The number of benzene rings is 4. The molecule has 2 heterocycles. The molecule has 0 saturated carbocycles. The zero-order valence-corrected chi connectivity index (χ0v) is 30.9. The first kappa shape index (κ1) is 39.9. The van der Waals surface area contributed by atoms with Crippen molar-refractivity contribution in [3.05, 3.63) is 149 Å². The minimum absolute atomic E-state index is 0.0134. The second-order valence-electron chi connectivity index (χ2n) is 12.9. The van der Waals surface area contributed by atoms with Crippen LogP contribution >= 0.6 is 0 Å². The molecule has 6 rings (SSSR count). The number of methoxy groups -OCH3 is 1. The van der Waals surface area contributed by atoms with Gasteiger partial charge in [0, 0.05) is 34.5 Å². The number of fused-ring (bicyclic) bond motifs is 1. The number of aromatic nitrogens is 2. The molecule has 0 bridgehead atoms. The Kier molecular flexibility index (Phi) is 13.2. The van der Waals surface area contributed by atoms with Crippen molar-refractivity contribution < 1.29 is 38.9 Å². The van der Waals surface area contributed by atoms with Crippen molar-refractivity contribution in [1.82, 2.24) is 9.97 Å². The highest BCUT2D eigenvalue weighted by Crippen LogP contribution is 2.31. The van der Waals surface area contributed by atoms with Gasteiger partial charge in [0.1, 0.15) is 35.7 Å². The maximum Gasteiger partial charge on any atom is 0.342 e. The number of carboxylic acids is 1. The number of rotatable bonds is 12. The van der Waals surface area contributed by atoms with Crippen molar-refractivity contribution in [3.63, 3.8) is 0 Å². The van der Waals surface area contributed by atoms with E-state index < -0.39 is 17.8 Å². The highest BCUT2D eigenvalue weighted by molar-refractivity contribution is 6.10. The van der Waals surface area contributed by atoms with Crippen molar-refractivity contribution >= 4 is 52.5 Å². The number of nitrogens with one attached hydrogen (secondary N) is 1. The number of hydrogen-bond donors (Lipinski definition) is 4. The van der Waals surface area contributed by atoms with E-state index in [9.17, 15) is 29.4 Å². The van der Waals surface area contributed by atoms with E-state index in [-0.39, 0.29) is 35.1 Å². The molecule has 0 fully saturated rings. The van der Waals surface area contributed by atoms with E-state index in [0.29, 0.717) is 40.4 Å². The van der Waals surface area contributed by atoms with Gasteiger partial charge in [0.2, 0.25) is 5.88 Å². The number of pyridine rings is 2. The number of carbonyl (C=O) groups is 4. The summed E-state index contributed by atoms with van der Waals surface area (Å²) in [5.41, 5.74) is 9.24. The molecular formula is C44H40N4O8. The summed E-state index contributed by atoms with van der Waals surface area (Å²) in [4.78, 5) is 56.5. The second-order valence-corrected chi connectivity index (χ2v) is 12.9. The normalized spacial score (nSPS) is 10.8. The Morgan fingerprint density at radius 1 is 0.875 bits per heavy atom. The molecule has 4 aromatic carbocycles. The molecule has 12 nitrogen and oxygen atoms in total. The van der Waals surface area contributed by atoms with Crippen LogP contribution in [0.4, 0.5) is 11.5 Å². The van der Waals surface area contributed by atoms with Gasteiger partial charge < -0.3 is 30.7 Å². The van der Waals surface area contributed by atoms with Gasteiger partial charge in [-0.15, -0.1) is 0 Å². The molecule has 2 aromatic heterocycles. The standard InChI is InChI=1S/C29H28N4O4.C15H12O4/c1-17(2)5-4-6-18-7-9-22(24(15-18)29(35)36)23-11-12-25(37-3)33-26(23)28(34)32-20-8-10-21-19(16-20)13-14-31-27(21)30;16-9-12-6-7-14(17)13(8-12)15(18)19-10-11-4-2-1-3-5-11/h4,6-17H,5H2,1-3H3,(H2,30,31)(H,32,34)(H,35,36);1-9,17H,10H2/b6-4+;. The molecule has 1 amide bonds. The van der Waals surface area contributed by atoms with E-state index in [0.717, 1.165) is 28.3 Å². The van der Waals surface area contributed by atoms with Crippen LogP contribution in [0.25, 0.3) is 28.0 Å². The van der Waals surface area contributed by atoms with Crippen molar-refractivity contribution in [2.75, 3.05) is 18.2 Å². The number of aromatic carboxylic acids is 1. The van der Waals surface area contributed by atoms with Crippen LogP contribution in [-0.4, -0.2) is 51.4 Å². The number of carboxylic acid groups (broad SMARTS) is 1. The number of esters is 1. The van der Waals surface area contributed by atoms with E-state index in [1.807, 2.05) is 48.6 Å². The number of amides is 1. The number of phenolic OH excluding ortho intramolecular Hbond substituents is 1. The molecule has 0 spiro atoms. The third-order valence-corrected chi connectivity index (χ3v) is 8.42. The number of carbonyl (C=O) groups excluding carboxylic acids is 3. The number of anilines is 2. The maximum atomic E-state index is 13.4. The van der Waals surface area contributed by atoms with E-state index in [4.69, 9.17) is 15.2 Å². The molecule has 0 aliphatic heterocycles. The monoisotopic (exact) mass is 752 g/mol. The lowest BCUT2D eigenvalue weighted by Crippen LogP contribution is -2.16. The van der Waals surface area contributed by atoms with Crippen LogP contribution in [0, 0.1) is 5.92 Å². The van der Waals surface area contributed by atoms with Gasteiger partial charge in [0.25, 0.3) is 5.91 Å². The lowest BCUT2D eigenvalue weighted by Gasteiger charge is -2.14. The number of nitrogens with two attached hydrogens (primary N) is 1. The van der Waals surface area contributed by atoms with Crippen LogP contribution in [0.1, 0.15) is 73.0 Å². The van der Waals surface area contributed by atoms with E-state index >= 15 is 0 Å². The first-order valence-electron chi connectivity index (χ1n) is 17.5. The quantitative estimate of drug-likeness (QED) is 0.0693. The molecular weight excluding hydrogens is 713 g/mol. The van der Waals surface area contributed by atoms with Gasteiger partial charge >= 0.3 is 11.9 Å². The third kappa shape index (κ3) is 10.2. The summed E-state index contributed by atoms with van der Waals surface area (Å²) in [5, 5.41) is 24.0. The SMILES string of the molecule is COc1ccc(-c2ccc(/C=C/CC(C)C)cc2C(=O)O)c(C(=O)Nc2ccc3c(N)nccc3c2)n1.O=Cc1ccc(O)c(C(=O)OCc2ccccc2)c1. The predicted molar refractivity (Wildman–Crippen MR) is 215 cm³/mol. The van der Waals surface area contributed by atoms with E-state index in [1.54, 1.807) is 54.7 Å². The van der Waals surface area contributed by atoms with E-state index in [1.165, 1.54) is 25.3 Å². The number of nitrogens with zero attached hydrogens (tertiary/aromatic N) is 2. The lowest BCUT2D eigenvalue weighted by atomic mass is 9.95. The number of hydrogen-bond acceptors (Lipinski definition) is 10. The summed E-state index contributed by atoms with van der Waals surface area (Å²) >= 11 is 0. The predicted octanol–water partition coefficient (Wildman–Crippen LogP) is 8.46. The number of nitrogen functional groups attached to an aromatic ring is 1. The zero-order valence-electron chi connectivity index (χ0n) is 30.9. The first-order valence-corrected chi connectivity index (χ1v) is 17.5. The van der Waals surface area contributed by atoms with Crippen molar-refractivity contribution in [2.24, 2.45) is 5.92 Å². The highest BCUT2D eigenvalue weighted by atomic mass is 16.5. The van der Waals surface area contributed by atoms with Gasteiger partial charge in [0.05, 0.1) is 12.7 Å². The van der Waals surface area contributed by atoms with Gasteiger partial charge in [-0.2, -0.15) is 0 Å². The van der Waals surface area contributed by atoms with Crippen LogP contribution in [0.3, 0.4) is 0 Å². The minimum atomic E-state index is -1.10.